The minimum Gasteiger partial charge on any atom is -0.496 e. The van der Waals surface area contributed by atoms with Gasteiger partial charge in [0.2, 0.25) is 0 Å². The summed E-state index contributed by atoms with van der Waals surface area (Å²) in [7, 11) is 3.06. The molecule has 0 fully saturated rings. The van der Waals surface area contributed by atoms with Crippen LogP contribution in [0.15, 0.2) is 61.9 Å². The molecular weight excluding hydrogens is 574 g/mol. The summed E-state index contributed by atoms with van der Waals surface area (Å²) >= 11 is 4.73. The zero-order valence-electron chi connectivity index (χ0n) is 21.1. The van der Waals surface area contributed by atoms with Crippen LogP contribution in [0.1, 0.15) is 31.0 Å². The second-order valence-electron chi connectivity index (χ2n) is 8.05. The number of allylic oxidation sites excluding steroid dienone is 1. The molecule has 0 saturated heterocycles. The van der Waals surface area contributed by atoms with Crippen LogP contribution in [0.3, 0.4) is 0 Å². The summed E-state index contributed by atoms with van der Waals surface area (Å²) in [5.41, 5.74) is 1.87. The van der Waals surface area contributed by atoms with Gasteiger partial charge in [0.1, 0.15) is 11.8 Å². The summed E-state index contributed by atoms with van der Waals surface area (Å²) in [5.74, 6) is 0.948. The third-order valence-electron chi connectivity index (χ3n) is 5.79. The summed E-state index contributed by atoms with van der Waals surface area (Å²) in [5, 5.41) is 8.79. The lowest BCUT2D eigenvalue weighted by Crippen LogP contribution is -2.39. The number of thiazole rings is 1. The highest BCUT2D eigenvalue weighted by Gasteiger charge is 2.33. The first-order valence-electron chi connectivity index (χ1n) is 11.5. The Hall–Kier alpha value is -3.88. The monoisotopic (exact) mass is 597 g/mol. The summed E-state index contributed by atoms with van der Waals surface area (Å²) in [6.07, 6.45) is 1.73. The molecule has 196 valence electrons. The number of methoxy groups -OCH3 is 2. The van der Waals surface area contributed by atoms with E-state index in [0.717, 1.165) is 0 Å². The van der Waals surface area contributed by atoms with E-state index < -0.39 is 12.0 Å². The molecule has 1 aliphatic rings. The average Bonchev–Trinajstić information content (AvgIpc) is 3.20. The maximum Gasteiger partial charge on any atom is 0.338 e. The lowest BCUT2D eigenvalue weighted by Gasteiger charge is -2.25. The Kier molecular flexibility index (Phi) is 8.34. The van der Waals surface area contributed by atoms with E-state index in [9.17, 15) is 9.59 Å². The second-order valence-corrected chi connectivity index (χ2v) is 9.92. The number of hydrogen-bond acceptors (Lipinski definition) is 9. The van der Waals surface area contributed by atoms with Crippen LogP contribution in [0.5, 0.6) is 17.2 Å². The van der Waals surface area contributed by atoms with Gasteiger partial charge in [0, 0.05) is 0 Å². The molecule has 0 bridgehead atoms. The first-order chi connectivity index (χ1) is 18.3. The van der Waals surface area contributed by atoms with E-state index >= 15 is 0 Å². The largest absolute Gasteiger partial charge is 0.496 e. The number of halogens is 1. The van der Waals surface area contributed by atoms with Gasteiger partial charge in [-0.3, -0.25) is 9.36 Å². The minimum atomic E-state index is -0.744. The fourth-order valence-corrected chi connectivity index (χ4v) is 5.72. The molecule has 4 rings (SSSR count). The Morgan fingerprint density at radius 2 is 1.92 bits per heavy atom. The topological polar surface area (TPSA) is 112 Å². The van der Waals surface area contributed by atoms with Crippen molar-refractivity contribution in [2.45, 2.75) is 19.9 Å². The third kappa shape index (κ3) is 5.23. The van der Waals surface area contributed by atoms with Gasteiger partial charge in [-0.2, -0.15) is 5.26 Å². The van der Waals surface area contributed by atoms with Gasteiger partial charge < -0.3 is 18.9 Å². The van der Waals surface area contributed by atoms with Gasteiger partial charge in [-0.1, -0.05) is 23.5 Å². The van der Waals surface area contributed by atoms with E-state index in [1.54, 1.807) is 51.3 Å². The van der Waals surface area contributed by atoms with Crippen molar-refractivity contribution in [2.24, 2.45) is 4.99 Å². The first-order valence-corrected chi connectivity index (χ1v) is 13.1. The molecule has 1 aliphatic heterocycles. The van der Waals surface area contributed by atoms with Crippen LogP contribution in [-0.2, 0) is 9.53 Å². The average molecular weight is 598 g/mol. The van der Waals surface area contributed by atoms with Crippen molar-refractivity contribution in [3.63, 3.8) is 0 Å². The van der Waals surface area contributed by atoms with Crippen molar-refractivity contribution < 1.29 is 23.7 Å². The molecule has 0 aliphatic carbocycles. The summed E-state index contributed by atoms with van der Waals surface area (Å²) in [6.45, 7) is 3.54. The first kappa shape index (κ1) is 27.2. The number of fused-ring (bicyclic) bond motifs is 1. The highest BCUT2D eigenvalue weighted by Crippen LogP contribution is 2.35. The molecule has 9 nitrogen and oxygen atoms in total. The SMILES string of the molecule is CCOC(=O)C1=C(C)N=c2s/c(=C/c3ccc(OCC#N)c(OC)c3)c(=O)n2[C@@H]1c1ccc(OC)c(Br)c1. The summed E-state index contributed by atoms with van der Waals surface area (Å²) in [4.78, 5) is 31.9. The summed E-state index contributed by atoms with van der Waals surface area (Å²) in [6, 6.07) is 11.8. The Morgan fingerprint density at radius 3 is 2.58 bits per heavy atom. The van der Waals surface area contributed by atoms with E-state index in [1.807, 2.05) is 18.2 Å². The lowest BCUT2D eigenvalue weighted by atomic mass is 9.96. The maximum atomic E-state index is 13.8. The number of aromatic nitrogens is 1. The molecule has 0 radical (unpaired) electrons. The molecule has 0 amide bonds. The highest BCUT2D eigenvalue weighted by molar-refractivity contribution is 9.10. The van der Waals surface area contributed by atoms with Crippen LogP contribution < -0.4 is 29.1 Å². The number of hydrogen-bond donors (Lipinski definition) is 0. The van der Waals surface area contributed by atoms with Gasteiger partial charge in [0.25, 0.3) is 5.56 Å². The molecule has 2 aromatic carbocycles. The number of carbonyl (C=O) groups is 1. The highest BCUT2D eigenvalue weighted by atomic mass is 79.9. The smallest absolute Gasteiger partial charge is 0.338 e. The predicted molar refractivity (Wildman–Crippen MR) is 145 cm³/mol. The van der Waals surface area contributed by atoms with Crippen LogP contribution in [0.2, 0.25) is 0 Å². The van der Waals surface area contributed by atoms with E-state index in [-0.39, 0.29) is 18.8 Å². The molecule has 1 atom stereocenters. The lowest BCUT2D eigenvalue weighted by molar-refractivity contribution is -0.139. The van der Waals surface area contributed by atoms with Crippen molar-refractivity contribution >= 4 is 39.3 Å². The Balaban J connectivity index is 1.89. The number of nitriles is 1. The van der Waals surface area contributed by atoms with Crippen LogP contribution in [0.25, 0.3) is 6.08 Å². The van der Waals surface area contributed by atoms with Gasteiger partial charge in [-0.25, -0.2) is 9.79 Å². The molecule has 0 N–H and O–H groups in total. The number of rotatable bonds is 8. The molecular formula is C27H24BrN3O6S. The standard InChI is InChI=1S/C27H24BrN3O6S/c1-5-36-26(33)23-15(2)30-27-31(24(23)17-7-9-19(34-3)18(28)14-17)25(32)22(38-27)13-16-6-8-20(37-11-10-29)21(12-16)35-4/h6-9,12-14,24H,5,11H2,1-4H3/b22-13+/t24-/m1/s1. The Labute approximate surface area is 231 Å². The van der Waals surface area contributed by atoms with Gasteiger partial charge in [-0.15, -0.1) is 0 Å². The zero-order valence-corrected chi connectivity index (χ0v) is 23.5. The molecule has 0 unspecified atom stereocenters. The van der Waals surface area contributed by atoms with Crippen molar-refractivity contribution in [1.29, 1.82) is 5.26 Å². The third-order valence-corrected chi connectivity index (χ3v) is 7.39. The zero-order chi connectivity index (χ0) is 27.4. The molecule has 38 heavy (non-hydrogen) atoms. The van der Waals surface area contributed by atoms with Crippen molar-refractivity contribution in [3.8, 4) is 23.3 Å². The molecule has 11 heteroatoms. The van der Waals surface area contributed by atoms with Crippen LogP contribution in [0, 0.1) is 11.3 Å². The second kappa shape index (κ2) is 11.7. The van der Waals surface area contributed by atoms with Crippen molar-refractivity contribution in [3.05, 3.63) is 83.0 Å². The Bertz CT molecular complexity index is 1650. The number of benzene rings is 2. The van der Waals surface area contributed by atoms with E-state index in [2.05, 4.69) is 20.9 Å². The van der Waals surface area contributed by atoms with Gasteiger partial charge in [-0.05, 0) is 71.2 Å². The van der Waals surface area contributed by atoms with Crippen LogP contribution in [0.4, 0.5) is 0 Å². The number of esters is 1. The predicted octanol–water partition coefficient (Wildman–Crippen LogP) is 3.48. The molecule has 1 aromatic heterocycles. The van der Waals surface area contributed by atoms with Gasteiger partial charge in [0.05, 0.1) is 47.1 Å². The van der Waals surface area contributed by atoms with Gasteiger partial charge >= 0.3 is 5.97 Å². The molecule has 3 aromatic rings. The van der Waals surface area contributed by atoms with Crippen LogP contribution >= 0.6 is 27.3 Å². The fourth-order valence-electron chi connectivity index (χ4n) is 4.11. The van der Waals surface area contributed by atoms with E-state index in [1.165, 1.54) is 23.0 Å². The van der Waals surface area contributed by atoms with E-state index in [0.29, 0.717) is 53.5 Å². The number of nitrogens with zero attached hydrogens (tertiary/aromatic N) is 3. The normalized spacial score (nSPS) is 14.8. The van der Waals surface area contributed by atoms with Gasteiger partial charge in [0.15, 0.2) is 22.9 Å². The molecule has 0 spiro atoms. The Morgan fingerprint density at radius 1 is 1.18 bits per heavy atom. The molecule has 2 heterocycles. The summed E-state index contributed by atoms with van der Waals surface area (Å²) < 4.78 is 24.1. The number of carbonyl (C=O) groups excluding carboxylic acids is 1. The quantitative estimate of drug-likeness (QED) is 0.365. The minimum absolute atomic E-state index is 0.113. The van der Waals surface area contributed by atoms with E-state index in [4.69, 9.17) is 24.2 Å². The van der Waals surface area contributed by atoms with Crippen molar-refractivity contribution in [2.75, 3.05) is 27.4 Å². The van der Waals surface area contributed by atoms with Crippen molar-refractivity contribution in [1.82, 2.24) is 4.57 Å². The maximum absolute atomic E-state index is 13.8. The fraction of sp³-hybridized carbons (Fsp3) is 0.259. The van der Waals surface area contributed by atoms with Crippen LogP contribution in [-0.4, -0.2) is 38.0 Å². The number of ether oxygens (including phenoxy) is 4. The molecule has 0 saturated carbocycles.